The highest BCUT2D eigenvalue weighted by Crippen LogP contribution is 2.19. The fraction of sp³-hybridized carbons (Fsp3) is 0.286. The van der Waals surface area contributed by atoms with Crippen molar-refractivity contribution in [2.24, 2.45) is 0 Å². The minimum atomic E-state index is -0.198. The largest absolute Gasteiger partial charge is 0.368 e. The first-order valence-electron chi connectivity index (χ1n) is 6.44. The van der Waals surface area contributed by atoms with Crippen LogP contribution in [-0.2, 0) is 6.42 Å². The average Bonchev–Trinajstić information content (AvgIpc) is 2.44. The quantitative estimate of drug-likeness (QED) is 0.858. The molecule has 0 bridgehead atoms. The molecule has 0 amide bonds. The standard InChI is InChI=1S/C14H16ClFN4/c1-2-17-14-19-9-11(15)13(20-14)18-8-7-10-5-3-4-6-12(10)16/h3-6,9H,2,7-8H2,1H3,(H2,17,18,19,20). The molecule has 2 N–H and O–H groups in total. The van der Waals surface area contributed by atoms with Crippen LogP contribution in [0.5, 0.6) is 0 Å². The molecular weight excluding hydrogens is 279 g/mol. The zero-order valence-corrected chi connectivity index (χ0v) is 11.9. The number of rotatable bonds is 6. The van der Waals surface area contributed by atoms with E-state index in [1.807, 2.05) is 13.0 Å². The van der Waals surface area contributed by atoms with E-state index < -0.39 is 0 Å². The van der Waals surface area contributed by atoms with Crippen molar-refractivity contribution < 1.29 is 4.39 Å². The van der Waals surface area contributed by atoms with Gasteiger partial charge in [-0.3, -0.25) is 0 Å². The molecule has 0 saturated heterocycles. The summed E-state index contributed by atoms with van der Waals surface area (Å²) in [7, 11) is 0. The van der Waals surface area contributed by atoms with Crippen LogP contribution in [-0.4, -0.2) is 23.1 Å². The summed E-state index contributed by atoms with van der Waals surface area (Å²) < 4.78 is 13.5. The molecule has 1 heterocycles. The first-order valence-corrected chi connectivity index (χ1v) is 6.82. The summed E-state index contributed by atoms with van der Waals surface area (Å²) >= 11 is 6.02. The Labute approximate surface area is 122 Å². The number of hydrogen-bond donors (Lipinski definition) is 2. The van der Waals surface area contributed by atoms with E-state index in [4.69, 9.17) is 11.6 Å². The van der Waals surface area contributed by atoms with Crippen LogP contribution < -0.4 is 10.6 Å². The van der Waals surface area contributed by atoms with Crippen molar-refractivity contribution in [2.75, 3.05) is 23.7 Å². The Morgan fingerprint density at radius 2 is 2.05 bits per heavy atom. The lowest BCUT2D eigenvalue weighted by Gasteiger charge is -2.09. The van der Waals surface area contributed by atoms with E-state index in [1.165, 1.54) is 12.3 Å². The van der Waals surface area contributed by atoms with E-state index in [-0.39, 0.29) is 5.82 Å². The zero-order chi connectivity index (χ0) is 14.4. The molecule has 0 saturated carbocycles. The van der Waals surface area contributed by atoms with Crippen molar-refractivity contribution in [3.05, 3.63) is 46.9 Å². The van der Waals surface area contributed by atoms with E-state index in [0.29, 0.717) is 35.3 Å². The lowest BCUT2D eigenvalue weighted by Crippen LogP contribution is -2.10. The average molecular weight is 295 g/mol. The monoisotopic (exact) mass is 294 g/mol. The number of nitrogens with one attached hydrogen (secondary N) is 2. The molecule has 20 heavy (non-hydrogen) atoms. The lowest BCUT2D eigenvalue weighted by atomic mass is 10.1. The minimum absolute atomic E-state index is 0.198. The molecule has 1 aromatic carbocycles. The van der Waals surface area contributed by atoms with E-state index in [0.717, 1.165) is 6.54 Å². The summed E-state index contributed by atoms with van der Waals surface area (Å²) in [5, 5.41) is 6.55. The van der Waals surface area contributed by atoms with Gasteiger partial charge in [-0.15, -0.1) is 0 Å². The van der Waals surface area contributed by atoms with Gasteiger partial charge >= 0.3 is 0 Å². The Bertz CT molecular complexity index is 577. The van der Waals surface area contributed by atoms with Gasteiger partial charge in [0.05, 0.1) is 6.20 Å². The SMILES string of the molecule is CCNc1ncc(Cl)c(NCCc2ccccc2F)n1. The Hall–Kier alpha value is -1.88. The number of aromatic nitrogens is 2. The molecule has 0 unspecified atom stereocenters. The van der Waals surface area contributed by atoms with Gasteiger partial charge in [0.2, 0.25) is 5.95 Å². The van der Waals surface area contributed by atoms with Crippen LogP contribution in [0, 0.1) is 5.82 Å². The highest BCUT2D eigenvalue weighted by atomic mass is 35.5. The van der Waals surface area contributed by atoms with Gasteiger partial charge < -0.3 is 10.6 Å². The van der Waals surface area contributed by atoms with E-state index >= 15 is 0 Å². The molecule has 0 aliphatic carbocycles. The first-order chi connectivity index (χ1) is 9.70. The topological polar surface area (TPSA) is 49.8 Å². The Morgan fingerprint density at radius 1 is 1.25 bits per heavy atom. The first kappa shape index (κ1) is 14.5. The summed E-state index contributed by atoms with van der Waals surface area (Å²) in [6.07, 6.45) is 2.10. The number of anilines is 2. The van der Waals surface area contributed by atoms with Crippen molar-refractivity contribution in [1.82, 2.24) is 9.97 Å². The summed E-state index contributed by atoms with van der Waals surface area (Å²) in [6.45, 7) is 3.24. The molecule has 0 aliphatic heterocycles. The van der Waals surface area contributed by atoms with Crippen LogP contribution in [0.3, 0.4) is 0 Å². The van der Waals surface area contributed by atoms with Crippen LogP contribution in [0.1, 0.15) is 12.5 Å². The van der Waals surface area contributed by atoms with Gasteiger partial charge in [0, 0.05) is 13.1 Å². The minimum Gasteiger partial charge on any atom is -0.368 e. The summed E-state index contributed by atoms with van der Waals surface area (Å²) in [5.41, 5.74) is 0.664. The van der Waals surface area contributed by atoms with Gasteiger partial charge in [0.15, 0.2) is 0 Å². The van der Waals surface area contributed by atoms with Crippen LogP contribution >= 0.6 is 11.6 Å². The van der Waals surface area contributed by atoms with Gasteiger partial charge in [0.25, 0.3) is 0 Å². The molecule has 0 spiro atoms. The predicted molar refractivity (Wildman–Crippen MR) is 79.8 cm³/mol. The molecule has 0 atom stereocenters. The maximum absolute atomic E-state index is 13.5. The van der Waals surface area contributed by atoms with E-state index in [9.17, 15) is 4.39 Å². The molecule has 2 aromatic rings. The van der Waals surface area contributed by atoms with E-state index in [2.05, 4.69) is 20.6 Å². The molecule has 1 aromatic heterocycles. The Kier molecular flexibility index (Phi) is 5.12. The van der Waals surface area contributed by atoms with Crippen LogP contribution in [0.2, 0.25) is 5.02 Å². The molecule has 0 radical (unpaired) electrons. The van der Waals surface area contributed by atoms with Gasteiger partial charge in [-0.2, -0.15) is 4.98 Å². The van der Waals surface area contributed by atoms with Gasteiger partial charge in [-0.05, 0) is 25.0 Å². The van der Waals surface area contributed by atoms with E-state index in [1.54, 1.807) is 12.1 Å². The number of benzene rings is 1. The Morgan fingerprint density at radius 3 is 2.80 bits per heavy atom. The zero-order valence-electron chi connectivity index (χ0n) is 11.2. The number of nitrogens with zero attached hydrogens (tertiary/aromatic N) is 2. The van der Waals surface area contributed by atoms with Crippen molar-refractivity contribution in [1.29, 1.82) is 0 Å². The maximum Gasteiger partial charge on any atom is 0.224 e. The predicted octanol–water partition coefficient (Wildman–Crippen LogP) is 3.36. The lowest BCUT2D eigenvalue weighted by molar-refractivity contribution is 0.610. The van der Waals surface area contributed by atoms with Crippen LogP contribution in [0.4, 0.5) is 16.2 Å². The summed E-state index contributed by atoms with van der Waals surface area (Å²) in [4.78, 5) is 8.31. The van der Waals surface area contributed by atoms with Crippen LogP contribution in [0.25, 0.3) is 0 Å². The second-order valence-electron chi connectivity index (χ2n) is 4.19. The summed E-state index contributed by atoms with van der Waals surface area (Å²) in [6, 6.07) is 6.72. The molecule has 4 nitrogen and oxygen atoms in total. The van der Waals surface area contributed by atoms with Crippen molar-refractivity contribution >= 4 is 23.4 Å². The number of halogens is 2. The number of hydrogen-bond acceptors (Lipinski definition) is 4. The molecular formula is C14H16ClFN4. The second-order valence-corrected chi connectivity index (χ2v) is 4.60. The second kappa shape index (κ2) is 7.05. The smallest absolute Gasteiger partial charge is 0.224 e. The molecule has 0 fully saturated rings. The highest BCUT2D eigenvalue weighted by molar-refractivity contribution is 6.32. The molecule has 2 rings (SSSR count). The van der Waals surface area contributed by atoms with Crippen molar-refractivity contribution in [3.8, 4) is 0 Å². The van der Waals surface area contributed by atoms with Gasteiger partial charge in [-0.25, -0.2) is 9.37 Å². The van der Waals surface area contributed by atoms with Crippen molar-refractivity contribution in [2.45, 2.75) is 13.3 Å². The molecule has 6 heteroatoms. The fourth-order valence-electron chi connectivity index (χ4n) is 1.75. The van der Waals surface area contributed by atoms with Crippen LogP contribution in [0.15, 0.2) is 30.5 Å². The molecule has 0 aliphatic rings. The highest BCUT2D eigenvalue weighted by Gasteiger charge is 2.05. The maximum atomic E-state index is 13.5. The normalized spacial score (nSPS) is 10.3. The third-order valence-corrected chi connectivity index (χ3v) is 3.00. The van der Waals surface area contributed by atoms with Gasteiger partial charge in [0.1, 0.15) is 16.7 Å². The molecule has 106 valence electrons. The fourth-order valence-corrected chi connectivity index (χ4v) is 1.91. The van der Waals surface area contributed by atoms with Gasteiger partial charge in [-0.1, -0.05) is 29.8 Å². The summed E-state index contributed by atoms with van der Waals surface area (Å²) in [5.74, 6) is 0.871. The van der Waals surface area contributed by atoms with Crippen molar-refractivity contribution in [3.63, 3.8) is 0 Å². The Balaban J connectivity index is 1.97. The third kappa shape index (κ3) is 3.81. The third-order valence-electron chi connectivity index (χ3n) is 2.72.